The van der Waals surface area contributed by atoms with Gasteiger partial charge >= 0.3 is 0 Å². The van der Waals surface area contributed by atoms with Crippen molar-refractivity contribution in [1.82, 2.24) is 0 Å². The molecule has 0 unspecified atom stereocenters. The summed E-state index contributed by atoms with van der Waals surface area (Å²) in [6, 6.07) is 12.4. The van der Waals surface area contributed by atoms with Gasteiger partial charge in [0.25, 0.3) is 11.4 Å². The first-order chi connectivity index (χ1) is 11.1. The normalized spacial score (nSPS) is 11.0. The lowest BCUT2D eigenvalue weighted by atomic mass is 10.2. The molecule has 8 nitrogen and oxygen atoms in total. The number of allylic oxidation sites excluding steroid dienone is 1. The Morgan fingerprint density at radius 3 is 2.22 bits per heavy atom. The van der Waals surface area contributed by atoms with Gasteiger partial charge in [0.15, 0.2) is 0 Å². The number of hydrogen-bond acceptors (Lipinski definition) is 6. The molecule has 0 aliphatic carbocycles. The van der Waals surface area contributed by atoms with Gasteiger partial charge in [-0.25, -0.2) is 0 Å². The maximum absolute atomic E-state index is 10.9. The Balaban J connectivity index is 2.06. The van der Waals surface area contributed by atoms with Crippen molar-refractivity contribution in [2.24, 2.45) is 5.10 Å². The Hall–Kier alpha value is -3.55. The molecule has 0 aromatic heterocycles. The fourth-order valence-corrected chi connectivity index (χ4v) is 1.82. The van der Waals surface area contributed by atoms with Crippen LogP contribution in [0.4, 0.5) is 17.1 Å². The van der Waals surface area contributed by atoms with E-state index >= 15 is 0 Å². The van der Waals surface area contributed by atoms with Crippen molar-refractivity contribution >= 4 is 29.4 Å². The molecule has 0 aliphatic rings. The van der Waals surface area contributed by atoms with E-state index in [1.807, 2.05) is 0 Å². The number of rotatable bonds is 6. The molecule has 0 saturated carbocycles. The highest BCUT2D eigenvalue weighted by molar-refractivity contribution is 5.80. The summed E-state index contributed by atoms with van der Waals surface area (Å²) in [5, 5.41) is 25.5. The van der Waals surface area contributed by atoms with Gasteiger partial charge in [-0.1, -0.05) is 24.3 Å². The molecular formula is C15H12N4O4. The summed E-state index contributed by atoms with van der Waals surface area (Å²) < 4.78 is 0. The minimum atomic E-state index is -0.513. The molecule has 0 atom stereocenters. The Bertz CT molecular complexity index is 787. The van der Waals surface area contributed by atoms with Gasteiger partial charge in [-0.2, -0.15) is 5.10 Å². The fraction of sp³-hybridized carbons (Fsp3) is 0. The number of anilines is 1. The smallest absolute Gasteiger partial charge is 0.272 e. The monoisotopic (exact) mass is 312 g/mol. The quantitative estimate of drug-likeness (QED) is 0.497. The Morgan fingerprint density at radius 2 is 1.52 bits per heavy atom. The molecular weight excluding hydrogens is 300 g/mol. The van der Waals surface area contributed by atoms with Crippen LogP contribution in [0.1, 0.15) is 5.56 Å². The third-order valence-corrected chi connectivity index (χ3v) is 2.86. The molecule has 0 saturated heterocycles. The van der Waals surface area contributed by atoms with Crippen molar-refractivity contribution in [2.45, 2.75) is 0 Å². The Kier molecular flexibility index (Phi) is 5.13. The molecule has 1 N–H and O–H groups in total. The number of nitrogens with zero attached hydrogens (tertiary/aromatic N) is 3. The largest absolute Gasteiger partial charge is 0.294 e. The highest BCUT2D eigenvalue weighted by Gasteiger charge is 2.11. The summed E-state index contributed by atoms with van der Waals surface area (Å²) in [5.41, 5.74) is 3.16. The maximum Gasteiger partial charge on any atom is 0.294 e. The van der Waals surface area contributed by atoms with Gasteiger partial charge in [0.05, 0.1) is 15.4 Å². The molecule has 2 aromatic carbocycles. The van der Waals surface area contributed by atoms with Gasteiger partial charge in [0.2, 0.25) is 0 Å². The molecule has 2 aromatic rings. The van der Waals surface area contributed by atoms with E-state index in [1.54, 1.807) is 30.3 Å². The molecule has 8 heteroatoms. The van der Waals surface area contributed by atoms with Crippen LogP contribution in [0.2, 0.25) is 0 Å². The van der Waals surface area contributed by atoms with Crippen LogP contribution in [0.3, 0.4) is 0 Å². The van der Waals surface area contributed by atoms with Gasteiger partial charge < -0.3 is 0 Å². The number of nitrogens with one attached hydrogen (secondary N) is 1. The molecule has 2 rings (SSSR count). The van der Waals surface area contributed by atoms with E-state index in [1.165, 1.54) is 36.6 Å². The molecule has 0 heterocycles. The summed E-state index contributed by atoms with van der Waals surface area (Å²) in [5.74, 6) is 0. The second kappa shape index (κ2) is 7.46. The zero-order valence-electron chi connectivity index (χ0n) is 11.8. The number of para-hydroxylation sites is 3. The Morgan fingerprint density at radius 1 is 0.913 bits per heavy atom. The number of hydrazone groups is 1. The summed E-state index contributed by atoms with van der Waals surface area (Å²) in [6.45, 7) is 0. The average molecular weight is 312 g/mol. The van der Waals surface area contributed by atoms with Crippen molar-refractivity contribution in [3.8, 4) is 0 Å². The molecule has 23 heavy (non-hydrogen) atoms. The highest BCUT2D eigenvalue weighted by atomic mass is 16.6. The van der Waals surface area contributed by atoms with E-state index in [-0.39, 0.29) is 17.1 Å². The van der Waals surface area contributed by atoms with E-state index in [4.69, 9.17) is 0 Å². The van der Waals surface area contributed by atoms with Crippen LogP contribution in [-0.2, 0) is 0 Å². The van der Waals surface area contributed by atoms with Gasteiger partial charge in [0, 0.05) is 18.3 Å². The van der Waals surface area contributed by atoms with Crippen molar-refractivity contribution in [2.75, 3.05) is 5.43 Å². The summed E-state index contributed by atoms with van der Waals surface area (Å²) in [6.07, 6.45) is 4.39. The summed E-state index contributed by atoms with van der Waals surface area (Å²) >= 11 is 0. The minimum absolute atomic E-state index is 0.0104. The highest BCUT2D eigenvalue weighted by Crippen LogP contribution is 2.23. The third-order valence-electron chi connectivity index (χ3n) is 2.86. The van der Waals surface area contributed by atoms with Crippen LogP contribution in [-0.4, -0.2) is 16.1 Å². The SMILES string of the molecule is O=[N+]([O-])c1ccccc1/C=C/C=N\Nc1ccccc1[N+](=O)[O-]. The first kappa shape index (κ1) is 15.8. The number of nitro groups is 2. The van der Waals surface area contributed by atoms with Gasteiger partial charge in [-0.3, -0.25) is 25.7 Å². The third kappa shape index (κ3) is 4.21. The van der Waals surface area contributed by atoms with Crippen LogP contribution in [0.25, 0.3) is 6.08 Å². The zero-order chi connectivity index (χ0) is 16.7. The van der Waals surface area contributed by atoms with Crippen molar-refractivity contribution in [3.63, 3.8) is 0 Å². The van der Waals surface area contributed by atoms with Crippen molar-refractivity contribution < 1.29 is 9.85 Å². The first-order valence-electron chi connectivity index (χ1n) is 6.52. The van der Waals surface area contributed by atoms with E-state index in [0.29, 0.717) is 5.56 Å². The van der Waals surface area contributed by atoms with Gasteiger partial charge in [0.1, 0.15) is 5.69 Å². The zero-order valence-corrected chi connectivity index (χ0v) is 11.8. The van der Waals surface area contributed by atoms with E-state index in [9.17, 15) is 20.2 Å². The minimum Gasteiger partial charge on any atom is -0.272 e. The Labute approximate surface area is 131 Å². The van der Waals surface area contributed by atoms with Gasteiger partial charge in [-0.05, 0) is 24.3 Å². The lowest BCUT2D eigenvalue weighted by Gasteiger charge is -2.00. The molecule has 116 valence electrons. The molecule has 0 spiro atoms. The summed E-state index contributed by atoms with van der Waals surface area (Å²) in [7, 11) is 0. The second-order valence-electron chi connectivity index (χ2n) is 4.34. The van der Waals surface area contributed by atoms with Crippen LogP contribution in [0.5, 0.6) is 0 Å². The van der Waals surface area contributed by atoms with Crippen LogP contribution >= 0.6 is 0 Å². The average Bonchev–Trinajstić information content (AvgIpc) is 2.55. The number of hydrogen-bond donors (Lipinski definition) is 1. The fourth-order valence-electron chi connectivity index (χ4n) is 1.82. The first-order valence-corrected chi connectivity index (χ1v) is 6.52. The van der Waals surface area contributed by atoms with E-state index < -0.39 is 9.85 Å². The van der Waals surface area contributed by atoms with Crippen molar-refractivity contribution in [1.29, 1.82) is 0 Å². The lowest BCUT2D eigenvalue weighted by molar-refractivity contribution is -0.385. The summed E-state index contributed by atoms with van der Waals surface area (Å²) in [4.78, 5) is 20.7. The van der Waals surface area contributed by atoms with Crippen LogP contribution in [0.15, 0.2) is 59.7 Å². The second-order valence-corrected chi connectivity index (χ2v) is 4.34. The van der Waals surface area contributed by atoms with Crippen molar-refractivity contribution in [3.05, 3.63) is 80.4 Å². The predicted octanol–water partition coefficient (Wildman–Crippen LogP) is 3.61. The molecule has 0 bridgehead atoms. The molecule has 0 fully saturated rings. The maximum atomic E-state index is 10.9. The number of nitro benzene ring substituents is 2. The molecule has 0 aliphatic heterocycles. The lowest BCUT2D eigenvalue weighted by Crippen LogP contribution is -1.95. The molecule has 0 radical (unpaired) electrons. The number of benzene rings is 2. The van der Waals surface area contributed by atoms with Crippen LogP contribution in [0, 0.1) is 20.2 Å². The predicted molar refractivity (Wildman–Crippen MR) is 87.3 cm³/mol. The van der Waals surface area contributed by atoms with E-state index in [2.05, 4.69) is 10.5 Å². The standard InChI is InChI=1S/C15H12N4O4/c20-18(21)14-9-3-1-6-12(14)7-5-11-16-17-13-8-2-4-10-15(13)19(22)23/h1-11,17H/b7-5+,16-11-. The van der Waals surface area contributed by atoms with Crippen LogP contribution < -0.4 is 5.43 Å². The topological polar surface area (TPSA) is 111 Å². The molecule has 0 amide bonds. The van der Waals surface area contributed by atoms with Gasteiger partial charge in [-0.15, -0.1) is 0 Å². The van der Waals surface area contributed by atoms with E-state index in [0.717, 1.165) is 0 Å².